The molecule has 0 spiro atoms. The number of amides is 1. The van der Waals surface area contributed by atoms with Crippen LogP contribution in [0.3, 0.4) is 0 Å². The third-order valence-corrected chi connectivity index (χ3v) is 2.75. The van der Waals surface area contributed by atoms with E-state index in [0.717, 1.165) is 11.4 Å². The number of hydrogen-bond acceptors (Lipinski definition) is 2. The third-order valence-electron chi connectivity index (χ3n) is 2.75. The fourth-order valence-electron chi connectivity index (χ4n) is 1.91. The molecule has 0 aliphatic rings. The number of imidazole rings is 1. The first-order chi connectivity index (χ1) is 8.24. The Bertz CT molecular complexity index is 504. The van der Waals surface area contributed by atoms with Gasteiger partial charge in [0.05, 0.1) is 0 Å². The molecule has 0 saturated carbocycles. The number of carbonyl (C=O) groups is 1. The van der Waals surface area contributed by atoms with E-state index >= 15 is 0 Å². The first kappa shape index (κ1) is 11.4. The van der Waals surface area contributed by atoms with E-state index in [1.54, 1.807) is 12.4 Å². The summed E-state index contributed by atoms with van der Waals surface area (Å²) in [6.07, 6.45) is 4.14. The highest BCUT2D eigenvalue weighted by Gasteiger charge is 2.18. The van der Waals surface area contributed by atoms with Gasteiger partial charge in [-0.1, -0.05) is 37.3 Å². The molecule has 0 fully saturated rings. The van der Waals surface area contributed by atoms with Crippen molar-refractivity contribution < 1.29 is 4.79 Å². The number of benzene rings is 1. The summed E-state index contributed by atoms with van der Waals surface area (Å²) >= 11 is 0. The smallest absolute Gasteiger partial charge is 0.240 e. The molecule has 0 aliphatic heterocycles. The molecule has 4 nitrogen and oxygen atoms in total. The van der Waals surface area contributed by atoms with Crippen molar-refractivity contribution in [2.24, 2.45) is 5.73 Å². The fraction of sp³-hybridized carbons (Fsp3) is 0.231. The monoisotopic (exact) mass is 229 g/mol. The van der Waals surface area contributed by atoms with Crippen molar-refractivity contribution in [1.82, 2.24) is 9.55 Å². The maximum absolute atomic E-state index is 11.4. The second-order valence-electron chi connectivity index (χ2n) is 3.85. The van der Waals surface area contributed by atoms with Gasteiger partial charge in [-0.3, -0.25) is 4.79 Å². The first-order valence-corrected chi connectivity index (χ1v) is 5.61. The topological polar surface area (TPSA) is 60.9 Å². The van der Waals surface area contributed by atoms with Crippen LogP contribution in [-0.4, -0.2) is 15.5 Å². The van der Waals surface area contributed by atoms with Crippen LogP contribution in [0, 0.1) is 0 Å². The highest BCUT2D eigenvalue weighted by atomic mass is 16.1. The normalized spacial score (nSPS) is 12.3. The van der Waals surface area contributed by atoms with E-state index < -0.39 is 0 Å². The Morgan fingerprint density at radius 1 is 1.41 bits per heavy atom. The molecule has 2 aromatic rings. The highest BCUT2D eigenvalue weighted by molar-refractivity contribution is 5.79. The first-order valence-electron chi connectivity index (χ1n) is 5.61. The molecule has 4 heteroatoms. The minimum absolute atomic E-state index is 0.331. The van der Waals surface area contributed by atoms with Crippen molar-refractivity contribution in [1.29, 1.82) is 0 Å². The number of primary amides is 1. The Balaban J connectivity index is 2.45. The summed E-state index contributed by atoms with van der Waals surface area (Å²) in [6.45, 7) is 1.93. The molecule has 1 unspecified atom stereocenters. The van der Waals surface area contributed by atoms with E-state index in [9.17, 15) is 4.79 Å². The summed E-state index contributed by atoms with van der Waals surface area (Å²) in [4.78, 5) is 15.7. The lowest BCUT2D eigenvalue weighted by atomic mass is 10.1. The van der Waals surface area contributed by atoms with Crippen LogP contribution in [0.5, 0.6) is 0 Å². The Hall–Kier alpha value is -2.10. The molecule has 2 rings (SSSR count). The van der Waals surface area contributed by atoms with Crippen molar-refractivity contribution >= 4 is 5.91 Å². The molecular weight excluding hydrogens is 214 g/mol. The van der Waals surface area contributed by atoms with E-state index in [1.807, 2.05) is 41.8 Å². The Morgan fingerprint density at radius 3 is 2.71 bits per heavy atom. The van der Waals surface area contributed by atoms with Gasteiger partial charge in [-0.25, -0.2) is 4.98 Å². The molecule has 0 saturated heterocycles. The molecule has 1 atom stereocenters. The van der Waals surface area contributed by atoms with Gasteiger partial charge in [-0.2, -0.15) is 0 Å². The number of nitrogens with two attached hydrogens (primary N) is 1. The van der Waals surface area contributed by atoms with Crippen LogP contribution >= 0.6 is 0 Å². The van der Waals surface area contributed by atoms with Crippen LogP contribution in [0.2, 0.25) is 0 Å². The standard InChI is InChI=1S/C13H15N3O/c1-2-11(12(14)17)16-9-8-15-13(16)10-6-4-3-5-7-10/h3-9,11H,2H2,1H3,(H2,14,17). The predicted molar refractivity (Wildman–Crippen MR) is 66.2 cm³/mol. The molecular formula is C13H15N3O. The Kier molecular flexibility index (Phi) is 3.23. The van der Waals surface area contributed by atoms with E-state index in [0.29, 0.717) is 6.42 Å². The van der Waals surface area contributed by atoms with Crippen molar-refractivity contribution in [2.45, 2.75) is 19.4 Å². The molecule has 1 aromatic carbocycles. The third kappa shape index (κ3) is 2.20. The molecule has 0 radical (unpaired) electrons. The summed E-state index contributed by atoms with van der Waals surface area (Å²) in [5.74, 6) is 0.443. The number of nitrogens with zero attached hydrogens (tertiary/aromatic N) is 2. The van der Waals surface area contributed by atoms with Gasteiger partial charge in [-0.05, 0) is 6.42 Å². The zero-order valence-electron chi connectivity index (χ0n) is 9.71. The maximum atomic E-state index is 11.4. The lowest BCUT2D eigenvalue weighted by Gasteiger charge is -2.15. The SMILES string of the molecule is CCC(C(N)=O)n1ccnc1-c1ccccc1. The highest BCUT2D eigenvalue weighted by Crippen LogP contribution is 2.22. The molecule has 0 aliphatic carbocycles. The fourth-order valence-corrected chi connectivity index (χ4v) is 1.91. The van der Waals surface area contributed by atoms with Crippen molar-refractivity contribution in [3.8, 4) is 11.4 Å². The average molecular weight is 229 g/mol. The van der Waals surface area contributed by atoms with Crippen LogP contribution in [0.4, 0.5) is 0 Å². The van der Waals surface area contributed by atoms with Crippen LogP contribution < -0.4 is 5.73 Å². The van der Waals surface area contributed by atoms with Crippen molar-refractivity contribution in [2.75, 3.05) is 0 Å². The van der Waals surface area contributed by atoms with E-state index in [2.05, 4.69) is 4.98 Å². The van der Waals surface area contributed by atoms with E-state index in [4.69, 9.17) is 5.73 Å². The molecule has 1 heterocycles. The van der Waals surface area contributed by atoms with Crippen molar-refractivity contribution in [3.05, 3.63) is 42.7 Å². The van der Waals surface area contributed by atoms with Gasteiger partial charge >= 0.3 is 0 Å². The molecule has 0 bridgehead atoms. The zero-order chi connectivity index (χ0) is 12.3. The lowest BCUT2D eigenvalue weighted by molar-refractivity contribution is -0.121. The summed E-state index contributed by atoms with van der Waals surface area (Å²) in [6, 6.07) is 9.42. The van der Waals surface area contributed by atoms with Gasteiger partial charge in [0.2, 0.25) is 5.91 Å². The molecule has 88 valence electrons. The lowest BCUT2D eigenvalue weighted by Crippen LogP contribution is -2.26. The second kappa shape index (κ2) is 4.82. The summed E-state index contributed by atoms with van der Waals surface area (Å²) < 4.78 is 1.83. The predicted octanol–water partition coefficient (Wildman–Crippen LogP) is 1.99. The minimum Gasteiger partial charge on any atom is -0.368 e. The quantitative estimate of drug-likeness (QED) is 0.871. The van der Waals surface area contributed by atoms with Crippen molar-refractivity contribution in [3.63, 3.8) is 0 Å². The van der Waals surface area contributed by atoms with Crippen LogP contribution in [-0.2, 0) is 4.79 Å². The van der Waals surface area contributed by atoms with E-state index in [1.165, 1.54) is 0 Å². The summed E-state index contributed by atoms with van der Waals surface area (Å²) in [7, 11) is 0. The van der Waals surface area contributed by atoms with Gasteiger partial charge < -0.3 is 10.3 Å². The van der Waals surface area contributed by atoms with Gasteiger partial charge in [0, 0.05) is 18.0 Å². The molecule has 2 N–H and O–H groups in total. The van der Waals surface area contributed by atoms with Gasteiger partial charge in [0.1, 0.15) is 11.9 Å². The number of carbonyl (C=O) groups excluding carboxylic acids is 1. The second-order valence-corrected chi connectivity index (χ2v) is 3.85. The van der Waals surface area contributed by atoms with Crippen LogP contribution in [0.15, 0.2) is 42.7 Å². The van der Waals surface area contributed by atoms with Gasteiger partial charge in [0.15, 0.2) is 0 Å². The van der Waals surface area contributed by atoms with Gasteiger partial charge in [-0.15, -0.1) is 0 Å². The molecule has 1 aromatic heterocycles. The Morgan fingerprint density at radius 2 is 2.12 bits per heavy atom. The molecule has 17 heavy (non-hydrogen) atoms. The summed E-state index contributed by atoms with van der Waals surface area (Å²) in [5, 5.41) is 0. The molecule has 1 amide bonds. The number of rotatable bonds is 4. The summed E-state index contributed by atoms with van der Waals surface area (Å²) in [5.41, 5.74) is 6.38. The maximum Gasteiger partial charge on any atom is 0.240 e. The van der Waals surface area contributed by atoms with Crippen LogP contribution in [0.1, 0.15) is 19.4 Å². The minimum atomic E-state index is -0.340. The number of hydrogen-bond donors (Lipinski definition) is 1. The van der Waals surface area contributed by atoms with E-state index in [-0.39, 0.29) is 11.9 Å². The average Bonchev–Trinajstić information content (AvgIpc) is 2.80. The Labute approximate surface area is 100 Å². The van der Waals surface area contributed by atoms with Gasteiger partial charge in [0.25, 0.3) is 0 Å². The van der Waals surface area contributed by atoms with Crippen LogP contribution in [0.25, 0.3) is 11.4 Å². The zero-order valence-corrected chi connectivity index (χ0v) is 9.71. The number of aromatic nitrogens is 2. The largest absolute Gasteiger partial charge is 0.368 e.